The molecule has 6 heteroatoms. The number of anilines is 1. The second kappa shape index (κ2) is 6.67. The lowest BCUT2D eigenvalue weighted by atomic mass is 10.3. The Morgan fingerprint density at radius 1 is 1.38 bits per heavy atom. The number of hydrogen-bond donors (Lipinski definition) is 0. The van der Waals surface area contributed by atoms with Gasteiger partial charge in [0.1, 0.15) is 11.0 Å². The van der Waals surface area contributed by atoms with Crippen molar-refractivity contribution in [2.45, 2.75) is 24.9 Å². The molecule has 1 heterocycles. The standard InChI is InChI=1S/C15H18N2O3S/c1-11-9-13(16-20-11)10-21(19)12(2)15(18)17(3)14-7-5-4-6-8-14/h4-9,12H,10H2,1-3H3/t12-,21-/m0/s1. The number of para-hydroxylation sites is 1. The van der Waals surface area contributed by atoms with Gasteiger partial charge in [-0.15, -0.1) is 0 Å². The lowest BCUT2D eigenvalue weighted by molar-refractivity contribution is -0.117. The van der Waals surface area contributed by atoms with E-state index in [1.807, 2.05) is 30.3 Å². The number of aromatic nitrogens is 1. The Balaban J connectivity index is 2.03. The Kier molecular flexibility index (Phi) is 4.90. The molecule has 0 aliphatic rings. The summed E-state index contributed by atoms with van der Waals surface area (Å²) in [5, 5.41) is 3.20. The maximum atomic E-state index is 12.4. The van der Waals surface area contributed by atoms with E-state index in [2.05, 4.69) is 5.16 Å². The summed E-state index contributed by atoms with van der Waals surface area (Å²) in [6, 6.07) is 11.0. The largest absolute Gasteiger partial charge is 0.361 e. The molecular weight excluding hydrogens is 288 g/mol. The molecule has 2 rings (SSSR count). The number of benzene rings is 1. The van der Waals surface area contributed by atoms with Gasteiger partial charge in [0, 0.05) is 29.6 Å². The van der Waals surface area contributed by atoms with Gasteiger partial charge in [-0.2, -0.15) is 0 Å². The number of nitrogens with zero attached hydrogens (tertiary/aromatic N) is 2. The maximum Gasteiger partial charge on any atom is 0.242 e. The minimum absolute atomic E-state index is 0.181. The van der Waals surface area contributed by atoms with Crippen molar-refractivity contribution in [3.63, 3.8) is 0 Å². The fourth-order valence-electron chi connectivity index (χ4n) is 1.92. The van der Waals surface area contributed by atoms with E-state index >= 15 is 0 Å². The summed E-state index contributed by atoms with van der Waals surface area (Å²) in [5.41, 5.74) is 1.39. The van der Waals surface area contributed by atoms with Gasteiger partial charge in [-0.1, -0.05) is 23.4 Å². The molecular formula is C15H18N2O3S. The molecule has 0 fully saturated rings. The Labute approximate surface area is 126 Å². The summed E-state index contributed by atoms with van der Waals surface area (Å²) in [4.78, 5) is 13.9. The summed E-state index contributed by atoms with van der Waals surface area (Å²) in [5.74, 6) is 0.703. The second-order valence-electron chi connectivity index (χ2n) is 4.83. The number of hydrogen-bond acceptors (Lipinski definition) is 4. The fraction of sp³-hybridized carbons (Fsp3) is 0.333. The molecule has 112 valence electrons. The van der Waals surface area contributed by atoms with Gasteiger partial charge in [0.25, 0.3) is 0 Å². The molecule has 0 aliphatic carbocycles. The molecule has 0 radical (unpaired) electrons. The highest BCUT2D eigenvalue weighted by Crippen LogP contribution is 2.15. The van der Waals surface area contributed by atoms with Crippen LogP contribution in [0.2, 0.25) is 0 Å². The SMILES string of the molecule is Cc1cc(C[S@](=O)[C@@H](C)C(=O)N(C)c2ccccc2)no1. The van der Waals surface area contributed by atoms with Crippen molar-refractivity contribution >= 4 is 22.4 Å². The van der Waals surface area contributed by atoms with E-state index in [-0.39, 0.29) is 11.7 Å². The van der Waals surface area contributed by atoms with Crippen LogP contribution in [0.15, 0.2) is 40.9 Å². The van der Waals surface area contributed by atoms with E-state index in [1.165, 1.54) is 4.90 Å². The quantitative estimate of drug-likeness (QED) is 0.850. The molecule has 0 saturated carbocycles. The molecule has 0 unspecified atom stereocenters. The molecule has 5 nitrogen and oxygen atoms in total. The van der Waals surface area contributed by atoms with E-state index in [1.54, 1.807) is 27.0 Å². The van der Waals surface area contributed by atoms with E-state index in [0.717, 1.165) is 5.69 Å². The van der Waals surface area contributed by atoms with Gasteiger partial charge >= 0.3 is 0 Å². The van der Waals surface area contributed by atoms with Crippen molar-refractivity contribution in [2.75, 3.05) is 11.9 Å². The van der Waals surface area contributed by atoms with Crippen molar-refractivity contribution in [3.05, 3.63) is 47.9 Å². The third-order valence-electron chi connectivity index (χ3n) is 3.18. The second-order valence-corrected chi connectivity index (χ2v) is 6.59. The molecule has 0 bridgehead atoms. The first-order valence-corrected chi connectivity index (χ1v) is 7.99. The molecule has 0 saturated heterocycles. The minimum Gasteiger partial charge on any atom is -0.361 e. The van der Waals surface area contributed by atoms with Crippen LogP contribution in [0.3, 0.4) is 0 Å². The van der Waals surface area contributed by atoms with Gasteiger partial charge < -0.3 is 9.42 Å². The molecule has 21 heavy (non-hydrogen) atoms. The summed E-state index contributed by atoms with van der Waals surface area (Å²) < 4.78 is 17.2. The van der Waals surface area contributed by atoms with Crippen LogP contribution >= 0.6 is 0 Å². The van der Waals surface area contributed by atoms with Crippen LogP contribution in [0, 0.1) is 6.92 Å². The molecule has 0 spiro atoms. The van der Waals surface area contributed by atoms with Crippen molar-refractivity contribution in [3.8, 4) is 0 Å². The van der Waals surface area contributed by atoms with Gasteiger partial charge in [-0.3, -0.25) is 9.00 Å². The average Bonchev–Trinajstić information content (AvgIpc) is 2.90. The highest BCUT2D eigenvalue weighted by Gasteiger charge is 2.25. The van der Waals surface area contributed by atoms with Crippen molar-refractivity contribution in [2.24, 2.45) is 0 Å². The fourth-order valence-corrected chi connectivity index (χ4v) is 2.98. The summed E-state index contributed by atoms with van der Waals surface area (Å²) in [7, 11) is 0.346. The number of carbonyl (C=O) groups is 1. The van der Waals surface area contributed by atoms with E-state index in [0.29, 0.717) is 11.5 Å². The first-order chi connectivity index (χ1) is 9.99. The van der Waals surface area contributed by atoms with Gasteiger partial charge in [-0.05, 0) is 26.0 Å². The van der Waals surface area contributed by atoms with E-state index in [4.69, 9.17) is 4.52 Å². The average molecular weight is 306 g/mol. The van der Waals surface area contributed by atoms with Crippen LogP contribution < -0.4 is 4.90 Å². The van der Waals surface area contributed by atoms with Crippen LogP contribution in [-0.4, -0.2) is 27.6 Å². The number of amides is 1. The van der Waals surface area contributed by atoms with Crippen molar-refractivity contribution < 1.29 is 13.5 Å². The Hall–Kier alpha value is -1.95. The normalized spacial score (nSPS) is 13.7. The number of carbonyl (C=O) groups excluding carboxylic acids is 1. The topological polar surface area (TPSA) is 63.4 Å². The molecule has 2 aromatic rings. The van der Waals surface area contributed by atoms with Crippen molar-refractivity contribution in [1.82, 2.24) is 5.16 Å². The predicted octanol–water partition coefficient (Wildman–Crippen LogP) is 2.28. The lowest BCUT2D eigenvalue weighted by Gasteiger charge is -2.20. The molecule has 0 N–H and O–H groups in total. The van der Waals surface area contributed by atoms with Gasteiger partial charge in [0.15, 0.2) is 0 Å². The molecule has 1 aromatic heterocycles. The highest BCUT2D eigenvalue weighted by molar-refractivity contribution is 7.85. The van der Waals surface area contributed by atoms with Crippen LogP contribution in [0.25, 0.3) is 0 Å². The van der Waals surface area contributed by atoms with E-state index < -0.39 is 16.0 Å². The third kappa shape index (κ3) is 3.78. The highest BCUT2D eigenvalue weighted by atomic mass is 32.2. The zero-order valence-corrected chi connectivity index (χ0v) is 13.1. The predicted molar refractivity (Wildman–Crippen MR) is 82.4 cm³/mol. The third-order valence-corrected chi connectivity index (χ3v) is 4.75. The zero-order valence-electron chi connectivity index (χ0n) is 12.3. The van der Waals surface area contributed by atoms with E-state index in [9.17, 15) is 9.00 Å². The smallest absolute Gasteiger partial charge is 0.242 e. The zero-order chi connectivity index (χ0) is 15.4. The van der Waals surface area contributed by atoms with Crippen LogP contribution in [0.4, 0.5) is 5.69 Å². The van der Waals surface area contributed by atoms with Gasteiger partial charge in [0.2, 0.25) is 5.91 Å². The van der Waals surface area contributed by atoms with Crippen LogP contribution in [0.5, 0.6) is 0 Å². The molecule has 1 amide bonds. The Morgan fingerprint density at radius 2 is 2.05 bits per heavy atom. The molecule has 1 aromatic carbocycles. The summed E-state index contributed by atoms with van der Waals surface area (Å²) >= 11 is 0. The maximum absolute atomic E-state index is 12.4. The molecule has 2 atom stereocenters. The summed E-state index contributed by atoms with van der Waals surface area (Å²) in [6.07, 6.45) is 0. The number of aryl methyl sites for hydroxylation is 1. The lowest BCUT2D eigenvalue weighted by Crippen LogP contribution is -2.37. The van der Waals surface area contributed by atoms with Crippen LogP contribution in [0.1, 0.15) is 18.4 Å². The summed E-state index contributed by atoms with van der Waals surface area (Å²) in [6.45, 7) is 3.45. The Bertz CT molecular complexity index is 639. The first kappa shape index (κ1) is 15.4. The first-order valence-electron chi connectivity index (χ1n) is 6.61. The monoisotopic (exact) mass is 306 g/mol. The van der Waals surface area contributed by atoms with Gasteiger partial charge in [-0.25, -0.2) is 0 Å². The Morgan fingerprint density at radius 3 is 2.62 bits per heavy atom. The molecule has 0 aliphatic heterocycles. The minimum atomic E-state index is -1.34. The number of rotatable bonds is 5. The van der Waals surface area contributed by atoms with Crippen molar-refractivity contribution in [1.29, 1.82) is 0 Å². The van der Waals surface area contributed by atoms with Crippen LogP contribution in [-0.2, 0) is 21.3 Å². The van der Waals surface area contributed by atoms with Gasteiger partial charge in [0.05, 0.1) is 11.4 Å².